The van der Waals surface area contributed by atoms with Crippen molar-refractivity contribution in [3.05, 3.63) is 34.4 Å². The smallest absolute Gasteiger partial charge is 0.429 e. The molecule has 19 heavy (non-hydrogen) atoms. The Labute approximate surface area is 113 Å². The number of ether oxygens (including phenoxy) is 2. The van der Waals surface area contributed by atoms with Gasteiger partial charge in [-0.25, -0.2) is 0 Å². The fourth-order valence-electron chi connectivity index (χ4n) is 1.71. The molecule has 2 rings (SSSR count). The van der Waals surface area contributed by atoms with E-state index in [1.54, 1.807) is 6.07 Å². The van der Waals surface area contributed by atoms with Gasteiger partial charge in [0.15, 0.2) is 0 Å². The van der Waals surface area contributed by atoms with Crippen molar-refractivity contribution in [1.82, 2.24) is 0 Å². The second-order valence-electron chi connectivity index (χ2n) is 4.06. The molecular weight excluding hydrogens is 281 g/mol. The van der Waals surface area contributed by atoms with Crippen LogP contribution in [0, 0.1) is 0 Å². The van der Waals surface area contributed by atoms with Crippen LogP contribution in [0.3, 0.4) is 0 Å². The third kappa shape index (κ3) is 3.22. The molecule has 0 bridgehead atoms. The number of halogens is 4. The highest BCUT2D eigenvalue weighted by Crippen LogP contribution is 2.36. The molecule has 1 aromatic carbocycles. The van der Waals surface area contributed by atoms with E-state index in [9.17, 15) is 13.2 Å². The zero-order valence-electron chi connectivity index (χ0n) is 10.1. The van der Waals surface area contributed by atoms with Crippen LogP contribution in [0.25, 0.3) is 6.08 Å². The minimum absolute atomic E-state index is 0.170. The Hall–Kier alpha value is -1.20. The lowest BCUT2D eigenvalue weighted by molar-refractivity contribution is -0.180. The van der Waals surface area contributed by atoms with Crippen LogP contribution in [-0.2, 0) is 11.3 Å². The van der Waals surface area contributed by atoms with Crippen LogP contribution >= 0.6 is 11.6 Å². The summed E-state index contributed by atoms with van der Waals surface area (Å²) >= 11 is 6.03. The molecule has 1 aliphatic rings. The second kappa shape index (κ2) is 5.43. The van der Waals surface area contributed by atoms with Gasteiger partial charge in [0.1, 0.15) is 5.75 Å². The number of hydrogen-bond donors (Lipinski definition) is 0. The normalized spacial score (nSPS) is 18.1. The summed E-state index contributed by atoms with van der Waals surface area (Å²) in [5.74, 6) is 0.170. The zero-order chi connectivity index (χ0) is 14.0. The minimum atomic E-state index is -4.42. The van der Waals surface area contributed by atoms with Gasteiger partial charge in [0.05, 0.1) is 6.61 Å². The Morgan fingerprint density at radius 3 is 2.74 bits per heavy atom. The minimum Gasteiger partial charge on any atom is -0.476 e. The van der Waals surface area contributed by atoms with Gasteiger partial charge < -0.3 is 9.47 Å². The van der Waals surface area contributed by atoms with E-state index in [1.807, 2.05) is 6.92 Å². The van der Waals surface area contributed by atoms with Gasteiger partial charge in [0, 0.05) is 22.8 Å². The molecule has 1 aliphatic heterocycles. The maximum atomic E-state index is 12.6. The topological polar surface area (TPSA) is 18.5 Å². The maximum absolute atomic E-state index is 12.6. The fraction of sp³-hybridized carbons (Fsp3) is 0.385. The average molecular weight is 293 g/mol. The van der Waals surface area contributed by atoms with Gasteiger partial charge in [-0.1, -0.05) is 17.7 Å². The van der Waals surface area contributed by atoms with Gasteiger partial charge in [-0.15, -0.1) is 0 Å². The van der Waals surface area contributed by atoms with Crippen molar-refractivity contribution in [2.24, 2.45) is 0 Å². The van der Waals surface area contributed by atoms with Gasteiger partial charge >= 0.3 is 6.18 Å². The Morgan fingerprint density at radius 2 is 2.11 bits per heavy atom. The van der Waals surface area contributed by atoms with Crippen LogP contribution in [0.1, 0.15) is 18.1 Å². The summed E-state index contributed by atoms with van der Waals surface area (Å²) in [6, 6.07) is 3.07. The van der Waals surface area contributed by atoms with Crippen molar-refractivity contribution in [3.8, 4) is 5.75 Å². The van der Waals surface area contributed by atoms with Gasteiger partial charge in [-0.05, 0) is 25.1 Å². The van der Waals surface area contributed by atoms with Crippen LogP contribution in [0.5, 0.6) is 5.75 Å². The largest absolute Gasteiger partial charge is 0.476 e. The summed E-state index contributed by atoms with van der Waals surface area (Å²) in [4.78, 5) is 0. The van der Waals surface area contributed by atoms with Crippen molar-refractivity contribution < 1.29 is 22.6 Å². The highest BCUT2D eigenvalue weighted by molar-refractivity contribution is 6.31. The predicted molar refractivity (Wildman–Crippen MR) is 66.3 cm³/mol. The summed E-state index contributed by atoms with van der Waals surface area (Å²) in [6.07, 6.45) is -4.00. The monoisotopic (exact) mass is 292 g/mol. The highest BCUT2D eigenvalue weighted by Gasteiger charge is 2.41. The highest BCUT2D eigenvalue weighted by atomic mass is 35.5. The lowest BCUT2D eigenvalue weighted by Gasteiger charge is -2.24. The van der Waals surface area contributed by atoms with Gasteiger partial charge in [0.25, 0.3) is 0 Å². The van der Waals surface area contributed by atoms with E-state index >= 15 is 0 Å². The molecule has 0 aromatic heterocycles. The molecule has 0 radical (unpaired) electrons. The summed E-state index contributed by atoms with van der Waals surface area (Å²) in [5, 5.41) is 0.450. The molecule has 0 spiro atoms. The van der Waals surface area contributed by atoms with Gasteiger partial charge in [-0.3, -0.25) is 0 Å². The molecule has 0 amide bonds. The first-order chi connectivity index (χ1) is 8.91. The number of hydrogen-bond acceptors (Lipinski definition) is 2. The Balaban J connectivity index is 2.28. The van der Waals surface area contributed by atoms with Crippen LogP contribution in [0.15, 0.2) is 18.2 Å². The Morgan fingerprint density at radius 1 is 1.37 bits per heavy atom. The van der Waals surface area contributed by atoms with Gasteiger partial charge in [-0.2, -0.15) is 13.2 Å². The fourth-order valence-corrected chi connectivity index (χ4v) is 1.94. The molecule has 0 N–H and O–H groups in total. The van der Waals surface area contributed by atoms with Crippen LogP contribution in [0.4, 0.5) is 13.2 Å². The molecule has 2 nitrogen and oxygen atoms in total. The molecule has 104 valence electrons. The first kappa shape index (κ1) is 14.2. The quantitative estimate of drug-likeness (QED) is 0.831. The molecule has 0 saturated heterocycles. The summed E-state index contributed by atoms with van der Waals surface area (Å²) in [5.41, 5.74) is 1.14. The first-order valence-electron chi connectivity index (χ1n) is 5.73. The van der Waals surface area contributed by atoms with E-state index in [-0.39, 0.29) is 12.4 Å². The molecule has 1 unspecified atom stereocenters. The number of benzene rings is 1. The van der Waals surface area contributed by atoms with Crippen molar-refractivity contribution >= 4 is 17.7 Å². The van der Waals surface area contributed by atoms with E-state index in [2.05, 4.69) is 0 Å². The van der Waals surface area contributed by atoms with Crippen LogP contribution in [-0.4, -0.2) is 18.9 Å². The maximum Gasteiger partial charge on any atom is 0.429 e. The number of alkyl halides is 3. The molecular formula is C13H12ClF3O2. The molecule has 0 saturated carbocycles. The van der Waals surface area contributed by atoms with Crippen LogP contribution in [0.2, 0.25) is 5.02 Å². The van der Waals surface area contributed by atoms with E-state index in [4.69, 9.17) is 21.1 Å². The molecule has 1 atom stereocenters. The third-order valence-corrected chi connectivity index (χ3v) is 3.02. The molecule has 1 aromatic rings. The standard InChI is InChI=1S/C13H12ClF3O2/c1-2-18-7-9-6-11-8(5-10(9)14)3-4-12(19-11)13(15,16)17/h3-6,12H,2,7H2,1H3. The lowest BCUT2D eigenvalue weighted by Crippen LogP contribution is -2.33. The molecule has 0 fully saturated rings. The summed E-state index contributed by atoms with van der Waals surface area (Å²) in [6.45, 7) is 2.57. The first-order valence-corrected chi connectivity index (χ1v) is 6.11. The van der Waals surface area contributed by atoms with E-state index in [1.165, 1.54) is 12.1 Å². The number of fused-ring (bicyclic) bond motifs is 1. The van der Waals surface area contributed by atoms with Gasteiger partial charge in [0.2, 0.25) is 6.10 Å². The van der Waals surface area contributed by atoms with Crippen molar-refractivity contribution in [1.29, 1.82) is 0 Å². The Kier molecular flexibility index (Phi) is 4.06. The molecule has 1 heterocycles. The zero-order valence-corrected chi connectivity index (χ0v) is 10.9. The van der Waals surface area contributed by atoms with E-state index in [0.717, 1.165) is 6.08 Å². The van der Waals surface area contributed by atoms with Crippen molar-refractivity contribution in [2.45, 2.75) is 25.8 Å². The molecule has 6 heteroatoms. The van der Waals surface area contributed by atoms with E-state index in [0.29, 0.717) is 22.8 Å². The van der Waals surface area contributed by atoms with Crippen molar-refractivity contribution in [3.63, 3.8) is 0 Å². The summed E-state index contributed by atoms with van der Waals surface area (Å²) < 4.78 is 47.9. The van der Waals surface area contributed by atoms with E-state index < -0.39 is 12.3 Å². The summed E-state index contributed by atoms with van der Waals surface area (Å²) in [7, 11) is 0. The number of rotatable bonds is 3. The lowest BCUT2D eigenvalue weighted by atomic mass is 10.1. The Bertz CT molecular complexity index is 497. The SMILES string of the molecule is CCOCc1cc2c(cc1Cl)C=CC(C(F)(F)F)O2. The second-order valence-corrected chi connectivity index (χ2v) is 4.46. The van der Waals surface area contributed by atoms with Crippen molar-refractivity contribution in [2.75, 3.05) is 6.61 Å². The van der Waals surface area contributed by atoms with Crippen LogP contribution < -0.4 is 4.74 Å². The molecule has 0 aliphatic carbocycles. The third-order valence-electron chi connectivity index (χ3n) is 2.67. The average Bonchev–Trinajstić information content (AvgIpc) is 2.34. The predicted octanol–water partition coefficient (Wildman–Crippen LogP) is 4.21.